The van der Waals surface area contributed by atoms with E-state index in [1.807, 2.05) is 6.07 Å². The highest BCUT2D eigenvalue weighted by Crippen LogP contribution is 2.27. The van der Waals surface area contributed by atoms with Crippen molar-refractivity contribution in [1.82, 2.24) is 0 Å². The third kappa shape index (κ3) is 4.38. The first-order valence-electron chi connectivity index (χ1n) is 5.87. The van der Waals surface area contributed by atoms with Gasteiger partial charge in [-0.2, -0.15) is 5.26 Å². The molecule has 0 aliphatic rings. The zero-order valence-corrected chi connectivity index (χ0v) is 12.2. The average molecular weight is 322 g/mol. The molecule has 0 spiro atoms. The Balaban J connectivity index is 1.92. The second kappa shape index (κ2) is 6.98. The molecule has 0 saturated carbocycles. The number of halogens is 2. The van der Waals surface area contributed by atoms with Crippen LogP contribution in [0.15, 0.2) is 42.5 Å². The summed E-state index contributed by atoms with van der Waals surface area (Å²) in [6.45, 7) is -0.283. The fourth-order valence-corrected chi connectivity index (χ4v) is 1.79. The zero-order valence-electron chi connectivity index (χ0n) is 10.7. The van der Waals surface area contributed by atoms with Crippen molar-refractivity contribution in [2.75, 3.05) is 6.61 Å². The van der Waals surface area contributed by atoms with Crippen LogP contribution >= 0.6 is 23.2 Å². The number of nitriles is 1. The molecule has 4 nitrogen and oxygen atoms in total. The van der Waals surface area contributed by atoms with Crippen molar-refractivity contribution in [3.8, 4) is 17.6 Å². The molecule has 6 heteroatoms. The van der Waals surface area contributed by atoms with Gasteiger partial charge in [0.15, 0.2) is 12.4 Å². The van der Waals surface area contributed by atoms with Crippen LogP contribution in [0.25, 0.3) is 0 Å². The smallest absolute Gasteiger partial charge is 0.349 e. The lowest BCUT2D eigenvalue weighted by molar-refractivity contribution is -0.136. The molecule has 0 amide bonds. The van der Waals surface area contributed by atoms with Crippen LogP contribution in [-0.2, 0) is 4.79 Å². The highest BCUT2D eigenvalue weighted by atomic mass is 35.5. The van der Waals surface area contributed by atoms with Gasteiger partial charge in [-0.3, -0.25) is 0 Å². The molecule has 2 rings (SSSR count). The number of hydrogen-bond donors (Lipinski definition) is 0. The Morgan fingerprint density at radius 3 is 2.52 bits per heavy atom. The van der Waals surface area contributed by atoms with E-state index in [0.717, 1.165) is 0 Å². The van der Waals surface area contributed by atoms with Gasteiger partial charge in [0.2, 0.25) is 0 Å². The normalized spacial score (nSPS) is 9.76. The van der Waals surface area contributed by atoms with E-state index in [2.05, 4.69) is 0 Å². The first-order valence-corrected chi connectivity index (χ1v) is 6.63. The van der Waals surface area contributed by atoms with Crippen molar-refractivity contribution in [3.63, 3.8) is 0 Å². The maximum absolute atomic E-state index is 11.7. The van der Waals surface area contributed by atoms with Crippen molar-refractivity contribution < 1.29 is 14.3 Å². The first kappa shape index (κ1) is 15.2. The van der Waals surface area contributed by atoms with Crippen LogP contribution in [0, 0.1) is 11.3 Å². The summed E-state index contributed by atoms with van der Waals surface area (Å²) in [6, 6.07) is 12.9. The Morgan fingerprint density at radius 1 is 1.14 bits per heavy atom. The molecular formula is C15H9Cl2NO3. The van der Waals surface area contributed by atoms with E-state index in [1.54, 1.807) is 30.3 Å². The van der Waals surface area contributed by atoms with Crippen LogP contribution < -0.4 is 9.47 Å². The molecule has 2 aromatic carbocycles. The summed E-state index contributed by atoms with van der Waals surface area (Å²) in [6.07, 6.45) is 0. The summed E-state index contributed by atoms with van der Waals surface area (Å²) in [5, 5.41) is 9.37. The maximum Gasteiger partial charge on any atom is 0.349 e. The summed E-state index contributed by atoms with van der Waals surface area (Å²) in [4.78, 5) is 11.7. The second-order valence-corrected chi connectivity index (χ2v) is 4.82. The van der Waals surface area contributed by atoms with Gasteiger partial charge in [0.05, 0.1) is 16.7 Å². The summed E-state index contributed by atoms with van der Waals surface area (Å²) in [7, 11) is 0. The number of rotatable bonds is 4. The third-order valence-electron chi connectivity index (χ3n) is 2.46. The van der Waals surface area contributed by atoms with Gasteiger partial charge in [0.25, 0.3) is 0 Å². The van der Waals surface area contributed by atoms with Crippen molar-refractivity contribution >= 4 is 29.2 Å². The van der Waals surface area contributed by atoms with Gasteiger partial charge in [-0.1, -0.05) is 23.2 Å². The van der Waals surface area contributed by atoms with Gasteiger partial charge >= 0.3 is 5.97 Å². The molecule has 0 atom stereocenters. The topological polar surface area (TPSA) is 59.3 Å². The largest absolute Gasteiger partial charge is 0.482 e. The van der Waals surface area contributed by atoms with E-state index >= 15 is 0 Å². The molecule has 0 aliphatic heterocycles. The Kier molecular flexibility index (Phi) is 5.04. The van der Waals surface area contributed by atoms with E-state index in [9.17, 15) is 4.79 Å². The van der Waals surface area contributed by atoms with E-state index < -0.39 is 5.97 Å². The maximum atomic E-state index is 11.7. The first-order chi connectivity index (χ1) is 10.1. The van der Waals surface area contributed by atoms with Crippen molar-refractivity contribution in [1.29, 1.82) is 5.26 Å². The van der Waals surface area contributed by atoms with E-state index in [1.165, 1.54) is 12.1 Å². The van der Waals surface area contributed by atoms with Crippen LogP contribution in [0.3, 0.4) is 0 Å². The van der Waals surface area contributed by atoms with Gasteiger partial charge in [0, 0.05) is 11.1 Å². The van der Waals surface area contributed by atoms with Gasteiger partial charge in [-0.05, 0) is 36.4 Å². The fraction of sp³-hybridized carbons (Fsp3) is 0.0667. The second-order valence-electron chi connectivity index (χ2n) is 3.97. The molecule has 0 bridgehead atoms. The van der Waals surface area contributed by atoms with Crippen molar-refractivity contribution in [3.05, 3.63) is 58.1 Å². The van der Waals surface area contributed by atoms with Crippen LogP contribution in [0.2, 0.25) is 10.0 Å². The molecule has 0 heterocycles. The summed E-state index contributed by atoms with van der Waals surface area (Å²) in [5.41, 5.74) is 0.510. The number of carbonyl (C=O) groups is 1. The van der Waals surface area contributed by atoms with Gasteiger partial charge in [-0.15, -0.1) is 0 Å². The Bertz CT molecular complexity index is 693. The molecule has 2 aromatic rings. The van der Waals surface area contributed by atoms with Crippen LogP contribution in [0.1, 0.15) is 5.56 Å². The summed E-state index contributed by atoms with van der Waals surface area (Å²) in [5.74, 6) is 0.0317. The van der Waals surface area contributed by atoms with E-state index in [-0.39, 0.29) is 17.4 Å². The molecule has 0 aromatic heterocycles. The minimum absolute atomic E-state index is 0.178. The molecular weight excluding hydrogens is 313 g/mol. The Labute approximate surface area is 131 Å². The standard InChI is InChI=1S/C15H9Cl2NO3/c16-11-3-6-13(17)14(7-11)21-15(19)9-20-12-4-1-10(8-18)2-5-12/h1-7H,9H2. The van der Waals surface area contributed by atoms with Crippen LogP contribution in [0.4, 0.5) is 0 Å². The molecule has 106 valence electrons. The predicted molar refractivity (Wildman–Crippen MR) is 78.7 cm³/mol. The van der Waals surface area contributed by atoms with E-state index in [0.29, 0.717) is 16.3 Å². The molecule has 21 heavy (non-hydrogen) atoms. The quantitative estimate of drug-likeness (QED) is 0.634. The number of nitrogens with zero attached hydrogens (tertiary/aromatic N) is 1. The number of carbonyl (C=O) groups excluding carboxylic acids is 1. The van der Waals surface area contributed by atoms with Crippen molar-refractivity contribution in [2.24, 2.45) is 0 Å². The number of esters is 1. The predicted octanol–water partition coefficient (Wildman–Crippen LogP) is 3.85. The Morgan fingerprint density at radius 2 is 1.86 bits per heavy atom. The zero-order chi connectivity index (χ0) is 15.2. The highest BCUT2D eigenvalue weighted by Gasteiger charge is 2.10. The fourth-order valence-electron chi connectivity index (χ4n) is 1.48. The molecule has 0 N–H and O–H groups in total. The molecule has 0 radical (unpaired) electrons. The summed E-state index contributed by atoms with van der Waals surface area (Å²) < 4.78 is 10.3. The molecule has 0 unspecified atom stereocenters. The number of benzene rings is 2. The van der Waals surface area contributed by atoms with E-state index in [4.69, 9.17) is 37.9 Å². The van der Waals surface area contributed by atoms with Crippen LogP contribution in [0.5, 0.6) is 11.5 Å². The highest BCUT2D eigenvalue weighted by molar-refractivity contribution is 6.34. The lowest BCUT2D eigenvalue weighted by Crippen LogP contribution is -2.17. The molecule has 0 saturated heterocycles. The monoisotopic (exact) mass is 321 g/mol. The van der Waals surface area contributed by atoms with Crippen molar-refractivity contribution in [2.45, 2.75) is 0 Å². The lowest BCUT2D eigenvalue weighted by Gasteiger charge is -2.08. The molecule has 0 fully saturated rings. The average Bonchev–Trinajstić information content (AvgIpc) is 2.49. The summed E-state index contributed by atoms with van der Waals surface area (Å²) >= 11 is 11.7. The number of ether oxygens (including phenoxy) is 2. The minimum Gasteiger partial charge on any atom is -0.482 e. The third-order valence-corrected chi connectivity index (χ3v) is 3.00. The van der Waals surface area contributed by atoms with Crippen LogP contribution in [-0.4, -0.2) is 12.6 Å². The van der Waals surface area contributed by atoms with Gasteiger partial charge in [0.1, 0.15) is 5.75 Å². The van der Waals surface area contributed by atoms with Gasteiger partial charge in [-0.25, -0.2) is 4.79 Å². The molecule has 0 aliphatic carbocycles. The van der Waals surface area contributed by atoms with Gasteiger partial charge < -0.3 is 9.47 Å². The lowest BCUT2D eigenvalue weighted by atomic mass is 10.2. The SMILES string of the molecule is N#Cc1ccc(OCC(=O)Oc2cc(Cl)ccc2Cl)cc1. The minimum atomic E-state index is -0.608. The number of hydrogen-bond acceptors (Lipinski definition) is 4. The Hall–Kier alpha value is -2.22.